The second-order valence-corrected chi connectivity index (χ2v) is 4.34. The van der Waals surface area contributed by atoms with E-state index in [9.17, 15) is 9.18 Å². The van der Waals surface area contributed by atoms with Gasteiger partial charge in [0.15, 0.2) is 0 Å². The van der Waals surface area contributed by atoms with Crippen molar-refractivity contribution in [3.8, 4) is 0 Å². The van der Waals surface area contributed by atoms with E-state index in [2.05, 4.69) is 10.3 Å². The number of aromatic nitrogens is 1. The van der Waals surface area contributed by atoms with E-state index in [1.165, 1.54) is 24.4 Å². The monoisotopic (exact) mass is 282 g/mol. The summed E-state index contributed by atoms with van der Waals surface area (Å²) in [6.45, 7) is 0. The van der Waals surface area contributed by atoms with Gasteiger partial charge in [-0.25, -0.2) is 4.39 Å². The van der Waals surface area contributed by atoms with Crippen LogP contribution in [0.5, 0.6) is 0 Å². The van der Waals surface area contributed by atoms with E-state index >= 15 is 0 Å². The van der Waals surface area contributed by atoms with Crippen LogP contribution in [0.15, 0.2) is 36.5 Å². The number of carbonyl (C=O) groups excluding carboxylic acids is 1. The van der Waals surface area contributed by atoms with E-state index in [0.717, 1.165) is 0 Å². The molecule has 92 valence electrons. The van der Waals surface area contributed by atoms with Crippen molar-refractivity contribution >= 4 is 35.4 Å². The molecule has 2 rings (SSSR count). The quantitative estimate of drug-likeness (QED) is 0.823. The number of nitrogens with one attached hydrogen (secondary N) is 2. The van der Waals surface area contributed by atoms with Crippen LogP contribution in [0.4, 0.5) is 10.1 Å². The second-order valence-electron chi connectivity index (χ2n) is 3.49. The van der Waals surface area contributed by atoms with Gasteiger partial charge >= 0.3 is 0 Å². The number of halogens is 2. The summed E-state index contributed by atoms with van der Waals surface area (Å²) in [6.07, 6.45) is 1.52. The summed E-state index contributed by atoms with van der Waals surface area (Å²) in [7, 11) is 0. The molecule has 0 saturated carbocycles. The van der Waals surface area contributed by atoms with Crippen molar-refractivity contribution in [2.45, 2.75) is 0 Å². The van der Waals surface area contributed by atoms with Crippen LogP contribution in [0.1, 0.15) is 10.4 Å². The molecule has 0 fully saturated rings. The molecule has 3 nitrogen and oxygen atoms in total. The first-order chi connectivity index (χ1) is 8.58. The maximum absolute atomic E-state index is 13.5. The summed E-state index contributed by atoms with van der Waals surface area (Å²) in [6, 6.07) is 7.31. The van der Waals surface area contributed by atoms with Crippen LogP contribution in [0, 0.1) is 10.5 Å². The lowest BCUT2D eigenvalue weighted by atomic mass is 10.2. The molecule has 0 bridgehead atoms. The maximum Gasteiger partial charge on any atom is 0.260 e. The molecular formula is C12H8ClFN2OS. The SMILES string of the molecule is O=C(Nc1ccc(=S)[nH]c1)c1c(F)cccc1Cl. The lowest BCUT2D eigenvalue weighted by Gasteiger charge is -2.07. The Morgan fingerprint density at radius 1 is 1.33 bits per heavy atom. The Bertz CT molecular complexity index is 616. The number of anilines is 1. The molecule has 2 aromatic rings. The standard InChI is InChI=1S/C12H8ClFN2OS/c13-8-2-1-3-9(14)11(8)12(17)16-7-4-5-10(18)15-6-7/h1-6H,(H,15,18)(H,16,17). The molecular weight excluding hydrogens is 275 g/mol. The van der Waals surface area contributed by atoms with Crippen LogP contribution in [0.3, 0.4) is 0 Å². The first-order valence-corrected chi connectivity index (χ1v) is 5.80. The third-order valence-corrected chi connectivity index (χ3v) is 2.80. The minimum absolute atomic E-state index is 0.0661. The molecule has 1 heterocycles. The molecule has 0 unspecified atom stereocenters. The van der Waals surface area contributed by atoms with Crippen molar-refractivity contribution in [2.24, 2.45) is 0 Å². The second kappa shape index (κ2) is 5.29. The van der Waals surface area contributed by atoms with E-state index in [0.29, 0.717) is 10.3 Å². The van der Waals surface area contributed by atoms with Gasteiger partial charge < -0.3 is 10.3 Å². The smallest absolute Gasteiger partial charge is 0.260 e. The number of hydrogen-bond acceptors (Lipinski definition) is 2. The number of benzene rings is 1. The Morgan fingerprint density at radius 2 is 2.11 bits per heavy atom. The van der Waals surface area contributed by atoms with Gasteiger partial charge in [-0.05, 0) is 24.3 Å². The Balaban J connectivity index is 2.27. The average Bonchev–Trinajstić information content (AvgIpc) is 2.32. The van der Waals surface area contributed by atoms with E-state index in [4.69, 9.17) is 23.8 Å². The Morgan fingerprint density at radius 3 is 2.72 bits per heavy atom. The number of pyridine rings is 1. The van der Waals surface area contributed by atoms with Gasteiger partial charge in [0.2, 0.25) is 0 Å². The zero-order chi connectivity index (χ0) is 13.1. The highest BCUT2D eigenvalue weighted by Gasteiger charge is 2.15. The van der Waals surface area contributed by atoms with Crippen LogP contribution in [-0.2, 0) is 0 Å². The van der Waals surface area contributed by atoms with Gasteiger partial charge in [0.05, 0.1) is 16.3 Å². The summed E-state index contributed by atoms with van der Waals surface area (Å²) in [5.74, 6) is -1.27. The highest BCUT2D eigenvalue weighted by Crippen LogP contribution is 2.20. The molecule has 0 saturated heterocycles. The molecule has 0 aliphatic heterocycles. The van der Waals surface area contributed by atoms with Crippen molar-refractivity contribution < 1.29 is 9.18 Å². The van der Waals surface area contributed by atoms with Crippen molar-refractivity contribution in [3.63, 3.8) is 0 Å². The average molecular weight is 283 g/mol. The Kier molecular flexibility index (Phi) is 3.74. The van der Waals surface area contributed by atoms with Gasteiger partial charge in [0.1, 0.15) is 10.5 Å². The largest absolute Gasteiger partial charge is 0.351 e. The van der Waals surface area contributed by atoms with Crippen molar-refractivity contribution in [1.82, 2.24) is 4.98 Å². The lowest BCUT2D eigenvalue weighted by Crippen LogP contribution is -2.14. The number of amides is 1. The zero-order valence-corrected chi connectivity index (χ0v) is 10.6. The van der Waals surface area contributed by atoms with E-state index < -0.39 is 11.7 Å². The normalized spacial score (nSPS) is 10.1. The Hall–Kier alpha value is -1.72. The predicted molar refractivity (Wildman–Crippen MR) is 71.0 cm³/mol. The molecule has 2 N–H and O–H groups in total. The number of aromatic amines is 1. The molecule has 1 aromatic carbocycles. The van der Waals surface area contributed by atoms with Crippen molar-refractivity contribution in [1.29, 1.82) is 0 Å². The van der Waals surface area contributed by atoms with Gasteiger partial charge in [-0.15, -0.1) is 0 Å². The third kappa shape index (κ3) is 2.75. The summed E-state index contributed by atoms with van der Waals surface area (Å²) in [4.78, 5) is 14.6. The van der Waals surface area contributed by atoms with Gasteiger partial charge in [0, 0.05) is 6.20 Å². The Labute approximate surface area is 113 Å². The minimum Gasteiger partial charge on any atom is -0.351 e. The summed E-state index contributed by atoms with van der Waals surface area (Å²) in [5.41, 5.74) is 0.300. The minimum atomic E-state index is -0.663. The predicted octanol–water partition coefficient (Wildman–Crippen LogP) is 3.79. The molecule has 0 atom stereocenters. The fraction of sp³-hybridized carbons (Fsp3) is 0. The number of rotatable bonds is 2. The van der Waals surface area contributed by atoms with Crippen molar-refractivity contribution in [2.75, 3.05) is 5.32 Å². The molecule has 0 aliphatic rings. The summed E-state index contributed by atoms with van der Waals surface area (Å²) >= 11 is 10.7. The molecule has 0 radical (unpaired) electrons. The van der Waals surface area contributed by atoms with Crippen LogP contribution < -0.4 is 5.32 Å². The van der Waals surface area contributed by atoms with Crippen LogP contribution in [0.2, 0.25) is 5.02 Å². The van der Waals surface area contributed by atoms with Crippen LogP contribution >= 0.6 is 23.8 Å². The highest BCUT2D eigenvalue weighted by molar-refractivity contribution is 7.71. The molecule has 0 spiro atoms. The van der Waals surface area contributed by atoms with Gasteiger partial charge in [-0.1, -0.05) is 29.9 Å². The van der Waals surface area contributed by atoms with E-state index in [-0.39, 0.29) is 10.6 Å². The molecule has 0 aliphatic carbocycles. The van der Waals surface area contributed by atoms with Gasteiger partial charge in [0.25, 0.3) is 5.91 Å². The van der Waals surface area contributed by atoms with E-state index in [1.54, 1.807) is 12.1 Å². The fourth-order valence-corrected chi connectivity index (χ4v) is 1.77. The van der Waals surface area contributed by atoms with Gasteiger partial charge in [-0.2, -0.15) is 0 Å². The maximum atomic E-state index is 13.5. The molecule has 1 amide bonds. The summed E-state index contributed by atoms with van der Waals surface area (Å²) < 4.78 is 14.0. The molecule has 18 heavy (non-hydrogen) atoms. The van der Waals surface area contributed by atoms with Gasteiger partial charge in [-0.3, -0.25) is 4.79 Å². The van der Waals surface area contributed by atoms with E-state index in [1.807, 2.05) is 0 Å². The first-order valence-electron chi connectivity index (χ1n) is 5.02. The molecule has 6 heteroatoms. The first kappa shape index (κ1) is 12.7. The number of hydrogen-bond donors (Lipinski definition) is 2. The van der Waals surface area contributed by atoms with Crippen LogP contribution in [-0.4, -0.2) is 10.9 Å². The topological polar surface area (TPSA) is 44.9 Å². The summed E-state index contributed by atoms with van der Waals surface area (Å²) in [5, 5.41) is 2.59. The lowest BCUT2D eigenvalue weighted by molar-refractivity contribution is 0.102. The number of carbonyl (C=O) groups is 1. The number of H-pyrrole nitrogens is 1. The van der Waals surface area contributed by atoms with Crippen LogP contribution in [0.25, 0.3) is 0 Å². The van der Waals surface area contributed by atoms with Crippen molar-refractivity contribution in [3.05, 3.63) is 57.6 Å². The third-order valence-electron chi connectivity index (χ3n) is 2.23. The fourth-order valence-electron chi connectivity index (χ4n) is 1.40. The zero-order valence-electron chi connectivity index (χ0n) is 9.04. The molecule has 1 aromatic heterocycles. The highest BCUT2D eigenvalue weighted by atomic mass is 35.5.